The monoisotopic (exact) mass is 357 g/mol. The Morgan fingerprint density at radius 3 is 2.84 bits per heavy atom. The third kappa shape index (κ3) is 3.61. The van der Waals surface area contributed by atoms with Gasteiger partial charge in [0.05, 0.1) is 23.4 Å². The van der Waals surface area contributed by atoms with E-state index in [9.17, 15) is 9.59 Å². The molecule has 3 rings (SSSR count). The van der Waals surface area contributed by atoms with E-state index >= 15 is 0 Å². The molecule has 6 nitrogen and oxygen atoms in total. The number of carbonyl (C=O) groups excluding carboxylic acids is 2. The maximum atomic E-state index is 12.4. The highest BCUT2D eigenvalue weighted by Gasteiger charge is 2.37. The number of rotatable bonds is 4. The van der Waals surface area contributed by atoms with Gasteiger partial charge in [0.2, 0.25) is 0 Å². The Balaban J connectivity index is 1.99. The van der Waals surface area contributed by atoms with Gasteiger partial charge in [0.1, 0.15) is 5.92 Å². The summed E-state index contributed by atoms with van der Waals surface area (Å²) in [5.41, 5.74) is 3.11. The highest BCUT2D eigenvalue weighted by molar-refractivity contribution is 7.09. The Morgan fingerprint density at radius 1 is 1.36 bits per heavy atom. The number of aryl methyl sites for hydroxylation is 1. The number of urea groups is 1. The number of hydrogen-bond acceptors (Lipinski definition) is 5. The van der Waals surface area contributed by atoms with Gasteiger partial charge in [-0.1, -0.05) is 18.2 Å². The van der Waals surface area contributed by atoms with Crippen LogP contribution in [0.3, 0.4) is 0 Å². The summed E-state index contributed by atoms with van der Waals surface area (Å²) in [6, 6.07) is 6.74. The molecule has 0 saturated carbocycles. The molecule has 0 aliphatic carbocycles. The van der Waals surface area contributed by atoms with E-state index in [1.165, 1.54) is 0 Å². The Morgan fingerprint density at radius 2 is 2.16 bits per heavy atom. The zero-order valence-electron chi connectivity index (χ0n) is 14.3. The molecule has 1 aromatic carbocycles. The standard InChI is InChI=1S/C18H19N3O3S/c1-4-24-17(22)15-10(2)19-18(23)21-16(15)13-7-5-6-12(8-13)14-9-25-11(3)20-14/h5-9,15-16H,4H2,1-3H3,(H,21,23). The lowest BCUT2D eigenvalue weighted by atomic mass is 9.87. The molecule has 0 fully saturated rings. The van der Waals surface area contributed by atoms with Crippen molar-refractivity contribution in [2.24, 2.45) is 10.9 Å². The molecule has 1 N–H and O–H groups in total. The number of esters is 1. The van der Waals surface area contributed by atoms with E-state index in [-0.39, 0.29) is 12.6 Å². The van der Waals surface area contributed by atoms with Crippen LogP contribution in [-0.2, 0) is 9.53 Å². The van der Waals surface area contributed by atoms with Gasteiger partial charge >= 0.3 is 12.0 Å². The number of thiazole rings is 1. The fourth-order valence-electron chi connectivity index (χ4n) is 2.92. The van der Waals surface area contributed by atoms with Crippen LogP contribution >= 0.6 is 11.3 Å². The molecular formula is C18H19N3O3S. The van der Waals surface area contributed by atoms with Crippen molar-refractivity contribution in [3.63, 3.8) is 0 Å². The van der Waals surface area contributed by atoms with E-state index in [2.05, 4.69) is 15.3 Å². The van der Waals surface area contributed by atoms with Crippen molar-refractivity contribution in [2.45, 2.75) is 26.8 Å². The summed E-state index contributed by atoms with van der Waals surface area (Å²) >= 11 is 1.58. The first-order valence-electron chi connectivity index (χ1n) is 8.04. The third-order valence-corrected chi connectivity index (χ3v) is 4.81. The van der Waals surface area contributed by atoms with Crippen molar-refractivity contribution in [1.82, 2.24) is 10.3 Å². The summed E-state index contributed by atoms with van der Waals surface area (Å²) in [5.74, 6) is -1.02. The predicted molar refractivity (Wildman–Crippen MR) is 96.8 cm³/mol. The highest BCUT2D eigenvalue weighted by atomic mass is 32.1. The van der Waals surface area contributed by atoms with Crippen molar-refractivity contribution in [3.05, 3.63) is 40.2 Å². The molecular weight excluding hydrogens is 338 g/mol. The van der Waals surface area contributed by atoms with Crippen LogP contribution in [-0.4, -0.2) is 29.3 Å². The number of benzene rings is 1. The van der Waals surface area contributed by atoms with Gasteiger partial charge in [-0.15, -0.1) is 11.3 Å². The minimum atomic E-state index is -0.634. The van der Waals surface area contributed by atoms with Gasteiger partial charge in [-0.05, 0) is 32.4 Å². The second-order valence-corrected chi connectivity index (χ2v) is 6.85. The average Bonchev–Trinajstić information content (AvgIpc) is 3.01. The molecule has 2 atom stereocenters. The van der Waals surface area contributed by atoms with Gasteiger partial charge in [-0.25, -0.2) is 14.8 Å². The van der Waals surface area contributed by atoms with Crippen LogP contribution in [0.4, 0.5) is 4.79 Å². The topological polar surface area (TPSA) is 80.6 Å². The lowest BCUT2D eigenvalue weighted by Crippen LogP contribution is -2.44. The number of aliphatic imine (C=N–C) groups is 1. The van der Waals surface area contributed by atoms with E-state index < -0.39 is 18.0 Å². The molecule has 0 bridgehead atoms. The number of hydrogen-bond donors (Lipinski definition) is 1. The number of amides is 2. The molecule has 1 aliphatic heterocycles. The summed E-state index contributed by atoms with van der Waals surface area (Å²) in [6.45, 7) is 5.67. The zero-order valence-corrected chi connectivity index (χ0v) is 15.1. The summed E-state index contributed by atoms with van der Waals surface area (Å²) < 4.78 is 5.18. The number of nitrogens with one attached hydrogen (secondary N) is 1. The summed E-state index contributed by atoms with van der Waals surface area (Å²) in [4.78, 5) is 32.7. The number of ether oxygens (including phenoxy) is 1. The lowest BCUT2D eigenvalue weighted by molar-refractivity contribution is -0.146. The van der Waals surface area contributed by atoms with Crippen LogP contribution in [0.15, 0.2) is 34.6 Å². The molecule has 7 heteroatoms. The summed E-state index contributed by atoms with van der Waals surface area (Å²) in [5, 5.41) is 5.77. The smallest absolute Gasteiger partial charge is 0.341 e. The van der Waals surface area contributed by atoms with Crippen LogP contribution in [0.1, 0.15) is 30.5 Å². The van der Waals surface area contributed by atoms with Gasteiger partial charge in [0, 0.05) is 16.7 Å². The molecule has 2 aromatic rings. The van der Waals surface area contributed by atoms with Gasteiger partial charge in [-0.3, -0.25) is 4.79 Å². The molecule has 25 heavy (non-hydrogen) atoms. The maximum absolute atomic E-state index is 12.4. The van der Waals surface area contributed by atoms with E-state index in [1.54, 1.807) is 25.2 Å². The molecule has 1 aromatic heterocycles. The Hall–Kier alpha value is -2.54. The van der Waals surface area contributed by atoms with Gasteiger partial charge in [-0.2, -0.15) is 0 Å². The maximum Gasteiger partial charge on any atom is 0.341 e. The van der Waals surface area contributed by atoms with Crippen molar-refractivity contribution in [1.29, 1.82) is 0 Å². The van der Waals surface area contributed by atoms with Crippen molar-refractivity contribution < 1.29 is 14.3 Å². The minimum absolute atomic E-state index is 0.279. The van der Waals surface area contributed by atoms with Gasteiger partial charge < -0.3 is 10.1 Å². The SMILES string of the molecule is CCOC(=O)C1C(C)=NC(=O)NC1c1cccc(-c2csc(C)n2)c1. The Bertz CT molecular complexity index is 844. The van der Waals surface area contributed by atoms with E-state index in [1.807, 2.05) is 36.6 Å². The molecule has 130 valence electrons. The summed E-state index contributed by atoms with van der Waals surface area (Å²) in [6.07, 6.45) is 0. The third-order valence-electron chi connectivity index (χ3n) is 4.04. The molecule has 0 saturated heterocycles. The predicted octanol–water partition coefficient (Wildman–Crippen LogP) is 3.52. The summed E-state index contributed by atoms with van der Waals surface area (Å²) in [7, 11) is 0. The quantitative estimate of drug-likeness (QED) is 0.849. The fourth-order valence-corrected chi connectivity index (χ4v) is 3.54. The molecule has 2 unspecified atom stereocenters. The average molecular weight is 357 g/mol. The fraction of sp³-hybridized carbons (Fsp3) is 0.333. The molecule has 0 spiro atoms. The normalized spacial score (nSPS) is 20.0. The van der Waals surface area contributed by atoms with Crippen LogP contribution in [0.2, 0.25) is 0 Å². The van der Waals surface area contributed by atoms with Crippen LogP contribution < -0.4 is 5.32 Å². The Kier molecular flexibility index (Phi) is 4.94. The minimum Gasteiger partial charge on any atom is -0.465 e. The van der Waals surface area contributed by atoms with Crippen molar-refractivity contribution >= 4 is 29.0 Å². The van der Waals surface area contributed by atoms with Gasteiger partial charge in [0.25, 0.3) is 0 Å². The number of aromatic nitrogens is 1. The lowest BCUT2D eigenvalue weighted by Gasteiger charge is -2.29. The van der Waals surface area contributed by atoms with Crippen molar-refractivity contribution in [3.8, 4) is 11.3 Å². The molecule has 1 aliphatic rings. The number of carbonyl (C=O) groups is 2. The van der Waals surface area contributed by atoms with Crippen LogP contribution in [0.5, 0.6) is 0 Å². The van der Waals surface area contributed by atoms with E-state index in [0.29, 0.717) is 5.71 Å². The Labute approximate surface area is 150 Å². The first-order chi connectivity index (χ1) is 12.0. The molecule has 2 heterocycles. The first-order valence-corrected chi connectivity index (χ1v) is 8.92. The van der Waals surface area contributed by atoms with Crippen molar-refractivity contribution in [2.75, 3.05) is 6.61 Å². The zero-order chi connectivity index (χ0) is 18.0. The van der Waals surface area contributed by atoms with E-state index in [4.69, 9.17) is 4.74 Å². The number of nitrogens with zero attached hydrogens (tertiary/aromatic N) is 2. The first kappa shape index (κ1) is 17.3. The van der Waals surface area contributed by atoms with Gasteiger partial charge in [0.15, 0.2) is 0 Å². The molecule has 2 amide bonds. The highest BCUT2D eigenvalue weighted by Crippen LogP contribution is 2.31. The second kappa shape index (κ2) is 7.14. The molecule has 0 radical (unpaired) electrons. The second-order valence-electron chi connectivity index (χ2n) is 5.79. The largest absolute Gasteiger partial charge is 0.465 e. The van der Waals surface area contributed by atoms with E-state index in [0.717, 1.165) is 21.8 Å². The van der Waals surface area contributed by atoms with Crippen LogP contribution in [0.25, 0.3) is 11.3 Å². The van der Waals surface area contributed by atoms with Crippen LogP contribution in [0, 0.1) is 12.8 Å².